The molecule has 0 unspecified atom stereocenters. The highest BCUT2D eigenvalue weighted by molar-refractivity contribution is 7.12. The maximum Gasteiger partial charge on any atom is 0.336 e. The lowest BCUT2D eigenvalue weighted by molar-refractivity contribution is 0.103. The molecule has 9 heteroatoms. The number of thiophene rings is 1. The van der Waals surface area contributed by atoms with Crippen molar-refractivity contribution < 1.29 is 18.3 Å². The Kier molecular flexibility index (Phi) is 6.32. The molecule has 5 aromatic rings. The van der Waals surface area contributed by atoms with Crippen molar-refractivity contribution in [3.05, 3.63) is 112 Å². The van der Waals surface area contributed by atoms with E-state index in [-0.39, 0.29) is 35.7 Å². The predicted octanol–water partition coefficient (Wildman–Crippen LogP) is 6.11. The zero-order valence-electron chi connectivity index (χ0n) is 18.2. The third kappa shape index (κ3) is 5.10. The maximum atomic E-state index is 14.6. The highest BCUT2D eigenvalue weighted by atomic mass is 32.1. The molecule has 0 atom stereocenters. The third-order valence-electron chi connectivity index (χ3n) is 5.10. The van der Waals surface area contributed by atoms with Gasteiger partial charge in [-0.25, -0.2) is 13.5 Å². The fourth-order valence-corrected chi connectivity index (χ4v) is 3.99. The molecule has 0 aliphatic carbocycles. The number of nitrogens with one attached hydrogen (secondary N) is 1. The molecular weight excluding hydrogens is 470 g/mol. The molecule has 0 saturated carbocycles. The van der Waals surface area contributed by atoms with Gasteiger partial charge in [-0.15, -0.1) is 16.4 Å². The van der Waals surface area contributed by atoms with E-state index in [0.717, 1.165) is 5.56 Å². The second kappa shape index (κ2) is 9.86. The number of anilines is 1. The first-order chi connectivity index (χ1) is 17.1. The fourth-order valence-electron chi connectivity index (χ4n) is 3.37. The summed E-state index contributed by atoms with van der Waals surface area (Å²) in [5, 5.41) is 9.10. The molecule has 2 aromatic heterocycles. The van der Waals surface area contributed by atoms with Crippen LogP contribution in [0.3, 0.4) is 0 Å². The van der Waals surface area contributed by atoms with Crippen LogP contribution in [0.2, 0.25) is 0 Å². The molecule has 0 aliphatic rings. The van der Waals surface area contributed by atoms with Crippen molar-refractivity contribution in [2.45, 2.75) is 6.61 Å². The lowest BCUT2D eigenvalue weighted by Crippen LogP contribution is -2.10. The summed E-state index contributed by atoms with van der Waals surface area (Å²) in [6.07, 6.45) is 0. The minimum atomic E-state index is -0.453. The highest BCUT2D eigenvalue weighted by Crippen LogP contribution is 2.27. The number of carbonyl (C=O) groups excluding carboxylic acids is 1. The fraction of sp³-hybridized carbons (Fsp3) is 0.0385. The Hall–Kier alpha value is -4.37. The number of nitrogens with zero attached hydrogens (tertiary/aromatic N) is 3. The standard InChI is InChI=1S/C26H18F2N4O2S/c27-18-9-7-17(8-10-18)16-34-26-30-24(21-4-1-2-5-22(21)28)32(31-26)20-13-11-19(12-14-20)29-25(33)23-6-3-15-35-23/h1-15H,16H2,(H,29,33). The molecule has 0 fully saturated rings. The van der Waals surface area contributed by atoms with E-state index >= 15 is 0 Å². The van der Waals surface area contributed by atoms with Gasteiger partial charge in [0, 0.05) is 5.69 Å². The van der Waals surface area contributed by atoms with Crippen LogP contribution in [-0.4, -0.2) is 20.7 Å². The summed E-state index contributed by atoms with van der Waals surface area (Å²) in [6, 6.07) is 22.7. The number of aromatic nitrogens is 3. The number of ether oxygens (including phenoxy) is 1. The molecule has 6 nitrogen and oxygen atoms in total. The topological polar surface area (TPSA) is 69.0 Å². The molecule has 1 N–H and O–H groups in total. The van der Waals surface area contributed by atoms with Crippen molar-refractivity contribution in [3.63, 3.8) is 0 Å². The van der Waals surface area contributed by atoms with Crippen molar-refractivity contribution in [3.8, 4) is 23.1 Å². The predicted molar refractivity (Wildman–Crippen MR) is 130 cm³/mol. The Labute approximate surface area is 203 Å². The van der Waals surface area contributed by atoms with Crippen molar-refractivity contribution in [1.82, 2.24) is 14.8 Å². The normalized spacial score (nSPS) is 10.8. The Morgan fingerprint density at radius 2 is 1.71 bits per heavy atom. The van der Waals surface area contributed by atoms with Crippen LogP contribution >= 0.6 is 11.3 Å². The Balaban J connectivity index is 1.43. The van der Waals surface area contributed by atoms with Crippen LogP contribution in [0.25, 0.3) is 17.1 Å². The molecule has 3 aromatic carbocycles. The number of hydrogen-bond donors (Lipinski definition) is 1. The van der Waals surface area contributed by atoms with Gasteiger partial charge in [-0.2, -0.15) is 4.98 Å². The summed E-state index contributed by atoms with van der Waals surface area (Å²) in [7, 11) is 0. The van der Waals surface area contributed by atoms with Gasteiger partial charge in [-0.1, -0.05) is 30.3 Å². The quantitative estimate of drug-likeness (QED) is 0.300. The average Bonchev–Trinajstić information content (AvgIpc) is 3.55. The van der Waals surface area contributed by atoms with E-state index in [1.807, 2.05) is 11.4 Å². The maximum absolute atomic E-state index is 14.6. The number of hydrogen-bond acceptors (Lipinski definition) is 5. The molecule has 0 spiro atoms. The Bertz CT molecular complexity index is 1450. The molecule has 0 aliphatic heterocycles. The summed E-state index contributed by atoms with van der Waals surface area (Å²) in [6.45, 7) is 0.120. The highest BCUT2D eigenvalue weighted by Gasteiger charge is 2.18. The SMILES string of the molecule is O=C(Nc1ccc(-n2nc(OCc3ccc(F)cc3)nc2-c2ccccc2F)cc1)c1cccs1. The number of benzene rings is 3. The number of carbonyl (C=O) groups is 1. The van der Waals surface area contributed by atoms with Crippen LogP contribution < -0.4 is 10.1 Å². The zero-order valence-corrected chi connectivity index (χ0v) is 19.0. The van der Waals surface area contributed by atoms with Gasteiger partial charge in [0.2, 0.25) is 0 Å². The average molecular weight is 489 g/mol. The zero-order chi connectivity index (χ0) is 24.2. The minimum absolute atomic E-state index is 0.0441. The Morgan fingerprint density at radius 3 is 2.43 bits per heavy atom. The lowest BCUT2D eigenvalue weighted by Gasteiger charge is -2.08. The van der Waals surface area contributed by atoms with Gasteiger partial charge in [-0.05, 0) is 65.5 Å². The summed E-state index contributed by atoms with van der Waals surface area (Å²) >= 11 is 1.36. The molecule has 0 bridgehead atoms. The van der Waals surface area contributed by atoms with E-state index in [4.69, 9.17) is 4.74 Å². The Morgan fingerprint density at radius 1 is 0.943 bits per heavy atom. The van der Waals surface area contributed by atoms with Crippen molar-refractivity contribution in [2.24, 2.45) is 0 Å². The van der Waals surface area contributed by atoms with E-state index in [0.29, 0.717) is 16.3 Å². The summed E-state index contributed by atoms with van der Waals surface area (Å²) in [5.41, 5.74) is 2.20. The van der Waals surface area contributed by atoms with E-state index in [1.165, 1.54) is 34.2 Å². The molecule has 174 valence electrons. The third-order valence-corrected chi connectivity index (χ3v) is 5.97. The molecule has 1 amide bonds. The number of halogens is 2. The van der Waals surface area contributed by atoms with Crippen LogP contribution in [0.15, 0.2) is 90.3 Å². The van der Waals surface area contributed by atoms with Crippen LogP contribution in [-0.2, 0) is 6.61 Å². The van der Waals surface area contributed by atoms with E-state index < -0.39 is 5.82 Å². The van der Waals surface area contributed by atoms with Gasteiger partial charge in [-0.3, -0.25) is 4.79 Å². The van der Waals surface area contributed by atoms with Gasteiger partial charge >= 0.3 is 6.01 Å². The molecule has 0 saturated heterocycles. The van der Waals surface area contributed by atoms with Crippen LogP contribution in [0.4, 0.5) is 14.5 Å². The van der Waals surface area contributed by atoms with Gasteiger partial charge in [0.05, 0.1) is 16.1 Å². The van der Waals surface area contributed by atoms with Gasteiger partial charge < -0.3 is 10.1 Å². The van der Waals surface area contributed by atoms with Gasteiger partial charge in [0.25, 0.3) is 5.91 Å². The molecule has 2 heterocycles. The van der Waals surface area contributed by atoms with Crippen LogP contribution in [0.5, 0.6) is 6.01 Å². The largest absolute Gasteiger partial charge is 0.457 e. The monoisotopic (exact) mass is 488 g/mol. The second-order valence-corrected chi connectivity index (χ2v) is 8.45. The first kappa shape index (κ1) is 22.4. The number of rotatable bonds is 7. The van der Waals surface area contributed by atoms with E-state index in [1.54, 1.807) is 60.7 Å². The number of amides is 1. The van der Waals surface area contributed by atoms with E-state index in [2.05, 4.69) is 15.4 Å². The van der Waals surface area contributed by atoms with Crippen LogP contribution in [0.1, 0.15) is 15.2 Å². The van der Waals surface area contributed by atoms with Crippen molar-refractivity contribution in [2.75, 3.05) is 5.32 Å². The van der Waals surface area contributed by atoms with E-state index in [9.17, 15) is 13.6 Å². The van der Waals surface area contributed by atoms with Crippen molar-refractivity contribution >= 4 is 22.9 Å². The smallest absolute Gasteiger partial charge is 0.336 e. The first-order valence-electron chi connectivity index (χ1n) is 10.6. The summed E-state index contributed by atoms with van der Waals surface area (Å²) in [5.74, 6) is -0.733. The summed E-state index contributed by atoms with van der Waals surface area (Å²) < 4.78 is 35.0. The summed E-state index contributed by atoms with van der Waals surface area (Å²) in [4.78, 5) is 17.3. The first-order valence-corrected chi connectivity index (χ1v) is 11.5. The molecule has 0 radical (unpaired) electrons. The molecule has 5 rings (SSSR count). The molecular formula is C26H18F2N4O2S. The second-order valence-electron chi connectivity index (χ2n) is 7.50. The minimum Gasteiger partial charge on any atom is -0.457 e. The lowest BCUT2D eigenvalue weighted by atomic mass is 10.2. The molecule has 35 heavy (non-hydrogen) atoms. The van der Waals surface area contributed by atoms with Crippen molar-refractivity contribution in [1.29, 1.82) is 0 Å². The van der Waals surface area contributed by atoms with Gasteiger partial charge in [0.1, 0.15) is 18.2 Å². The van der Waals surface area contributed by atoms with Crippen LogP contribution in [0, 0.1) is 11.6 Å². The van der Waals surface area contributed by atoms with Gasteiger partial charge in [0.15, 0.2) is 5.82 Å².